The molecule has 0 heterocycles. The van der Waals surface area contributed by atoms with Gasteiger partial charge in [-0.2, -0.15) is 0 Å². The van der Waals surface area contributed by atoms with Crippen LogP contribution < -0.4 is 0 Å². The maximum Gasteiger partial charge on any atom is 0.0729 e. The van der Waals surface area contributed by atoms with E-state index >= 15 is 0 Å². The third kappa shape index (κ3) is 1.62. The second-order valence-electron chi connectivity index (χ2n) is 5.34. The topological polar surface area (TPSA) is 29.5 Å². The van der Waals surface area contributed by atoms with Gasteiger partial charge in [0.1, 0.15) is 0 Å². The van der Waals surface area contributed by atoms with E-state index in [9.17, 15) is 5.11 Å². The summed E-state index contributed by atoms with van der Waals surface area (Å²) in [5.74, 6) is 0. The maximum absolute atomic E-state index is 10.4. The highest BCUT2D eigenvalue weighted by Crippen LogP contribution is 2.66. The molecule has 0 radical (unpaired) electrons. The van der Waals surface area contributed by atoms with E-state index in [2.05, 4.69) is 26.0 Å². The number of benzene rings is 1. The van der Waals surface area contributed by atoms with Crippen LogP contribution in [0.15, 0.2) is 30.3 Å². The third-order valence-corrected chi connectivity index (χ3v) is 4.44. The van der Waals surface area contributed by atoms with Gasteiger partial charge in [-0.25, -0.2) is 0 Å². The van der Waals surface area contributed by atoms with Crippen molar-refractivity contribution >= 4 is 0 Å². The first kappa shape index (κ1) is 12.6. The molecule has 3 atom stereocenters. The van der Waals surface area contributed by atoms with E-state index in [1.54, 1.807) is 7.11 Å². The van der Waals surface area contributed by atoms with Crippen LogP contribution >= 0.6 is 0 Å². The zero-order valence-electron chi connectivity index (χ0n) is 10.9. The first-order chi connectivity index (χ1) is 8.13. The zero-order valence-corrected chi connectivity index (χ0v) is 10.9. The smallest absolute Gasteiger partial charge is 0.0729 e. The van der Waals surface area contributed by atoms with Crippen molar-refractivity contribution in [3.63, 3.8) is 0 Å². The Kier molecular flexibility index (Phi) is 3.28. The maximum atomic E-state index is 10.4. The van der Waals surface area contributed by atoms with E-state index in [1.807, 2.05) is 18.2 Å². The van der Waals surface area contributed by atoms with Crippen LogP contribution in [0.2, 0.25) is 0 Å². The number of hydrogen-bond donors (Lipinski definition) is 1. The first-order valence-corrected chi connectivity index (χ1v) is 6.36. The highest BCUT2D eigenvalue weighted by atomic mass is 16.5. The van der Waals surface area contributed by atoms with Crippen molar-refractivity contribution in [2.24, 2.45) is 5.41 Å². The Labute approximate surface area is 104 Å². The van der Waals surface area contributed by atoms with Gasteiger partial charge >= 0.3 is 0 Å². The number of aliphatic hydroxyl groups is 1. The highest BCUT2D eigenvalue weighted by Gasteiger charge is 2.73. The minimum absolute atomic E-state index is 0.0425. The summed E-state index contributed by atoms with van der Waals surface area (Å²) in [5, 5.41) is 10.4. The van der Waals surface area contributed by atoms with Crippen LogP contribution in [0.3, 0.4) is 0 Å². The fraction of sp³-hybridized carbons (Fsp3) is 0.600. The summed E-state index contributed by atoms with van der Waals surface area (Å²) in [6.45, 7) is 4.93. The Bertz CT molecular complexity index is 376. The minimum Gasteiger partial charge on any atom is -0.391 e. The van der Waals surface area contributed by atoms with Crippen LogP contribution in [0.1, 0.15) is 32.3 Å². The Morgan fingerprint density at radius 1 is 1.29 bits per heavy atom. The molecule has 0 amide bonds. The monoisotopic (exact) mass is 234 g/mol. The summed E-state index contributed by atoms with van der Waals surface area (Å²) in [7, 11) is 1.71. The molecule has 2 rings (SSSR count). The summed E-state index contributed by atoms with van der Waals surface area (Å²) >= 11 is 0. The molecule has 1 aromatic carbocycles. The molecule has 94 valence electrons. The largest absolute Gasteiger partial charge is 0.391 e. The number of methoxy groups -OCH3 is 1. The molecule has 0 bridgehead atoms. The number of aliphatic hydroxyl groups excluding tert-OH is 1. The van der Waals surface area contributed by atoms with Crippen molar-refractivity contribution < 1.29 is 9.84 Å². The van der Waals surface area contributed by atoms with Gasteiger partial charge in [-0.15, -0.1) is 0 Å². The quantitative estimate of drug-likeness (QED) is 0.849. The lowest BCUT2D eigenvalue weighted by Gasteiger charge is -2.21. The van der Waals surface area contributed by atoms with E-state index in [0.29, 0.717) is 6.61 Å². The van der Waals surface area contributed by atoms with Crippen molar-refractivity contribution in [1.29, 1.82) is 0 Å². The molecule has 1 N–H and O–H groups in total. The molecule has 1 aromatic rings. The van der Waals surface area contributed by atoms with Gasteiger partial charge in [-0.05, 0) is 12.0 Å². The van der Waals surface area contributed by atoms with Crippen LogP contribution in [-0.4, -0.2) is 24.9 Å². The van der Waals surface area contributed by atoms with Gasteiger partial charge in [-0.1, -0.05) is 50.6 Å². The number of hydrogen-bond acceptors (Lipinski definition) is 2. The summed E-state index contributed by atoms with van der Waals surface area (Å²) < 4.78 is 5.38. The van der Waals surface area contributed by atoms with E-state index in [0.717, 1.165) is 12.8 Å². The molecule has 1 aliphatic carbocycles. The molecule has 0 aromatic heterocycles. The normalized spacial score (nSPS) is 35.9. The third-order valence-electron chi connectivity index (χ3n) is 4.44. The summed E-state index contributed by atoms with van der Waals surface area (Å²) in [5.41, 5.74) is 0.948. The molecule has 1 fully saturated rings. The summed E-state index contributed by atoms with van der Waals surface area (Å²) in [6, 6.07) is 10.3. The fourth-order valence-corrected chi connectivity index (χ4v) is 3.39. The van der Waals surface area contributed by atoms with Crippen LogP contribution in [0, 0.1) is 5.41 Å². The van der Waals surface area contributed by atoms with E-state index in [1.165, 1.54) is 5.56 Å². The second-order valence-corrected chi connectivity index (χ2v) is 5.34. The number of ether oxygens (including phenoxy) is 1. The molecule has 0 spiro atoms. The lowest BCUT2D eigenvalue weighted by Crippen LogP contribution is -2.23. The molecular weight excluding hydrogens is 212 g/mol. The standard InChI is InChI=1S/C15H22O2/c1-4-10-14(2)13(16)15(14,11-17-3)12-8-6-5-7-9-12/h5-9,13,16H,4,10-11H2,1-3H3/t13-,14-,15+/m1/s1. The SMILES string of the molecule is CCC[C@]1(C)[C@@H](O)[C@]1(COC)c1ccccc1. The van der Waals surface area contributed by atoms with Crippen molar-refractivity contribution in [3.05, 3.63) is 35.9 Å². The van der Waals surface area contributed by atoms with Crippen LogP contribution in [0.25, 0.3) is 0 Å². The Morgan fingerprint density at radius 2 is 1.94 bits per heavy atom. The van der Waals surface area contributed by atoms with Crippen molar-refractivity contribution in [2.45, 2.75) is 38.2 Å². The molecule has 2 nitrogen and oxygen atoms in total. The molecule has 0 saturated heterocycles. The highest BCUT2D eigenvalue weighted by molar-refractivity contribution is 5.42. The Balaban J connectivity index is 2.37. The lowest BCUT2D eigenvalue weighted by atomic mass is 9.85. The second kappa shape index (κ2) is 4.43. The summed E-state index contributed by atoms with van der Waals surface area (Å²) in [6.07, 6.45) is 1.83. The van der Waals surface area contributed by atoms with Crippen molar-refractivity contribution in [3.8, 4) is 0 Å². The molecule has 2 heteroatoms. The molecule has 0 unspecified atom stereocenters. The van der Waals surface area contributed by atoms with Gasteiger partial charge in [0.2, 0.25) is 0 Å². The van der Waals surface area contributed by atoms with Gasteiger partial charge in [0.25, 0.3) is 0 Å². The average Bonchev–Trinajstić information content (AvgIpc) is 2.80. The van der Waals surface area contributed by atoms with Crippen LogP contribution in [-0.2, 0) is 10.2 Å². The van der Waals surface area contributed by atoms with Gasteiger partial charge in [0.15, 0.2) is 0 Å². The average molecular weight is 234 g/mol. The predicted molar refractivity (Wildman–Crippen MR) is 69.0 cm³/mol. The molecular formula is C15H22O2. The summed E-state index contributed by atoms with van der Waals surface area (Å²) in [4.78, 5) is 0. The van der Waals surface area contributed by atoms with Crippen LogP contribution in [0.4, 0.5) is 0 Å². The molecule has 1 aliphatic rings. The van der Waals surface area contributed by atoms with Crippen LogP contribution in [0.5, 0.6) is 0 Å². The van der Waals surface area contributed by atoms with E-state index < -0.39 is 0 Å². The Hall–Kier alpha value is -0.860. The Morgan fingerprint density at radius 3 is 2.47 bits per heavy atom. The molecule has 17 heavy (non-hydrogen) atoms. The fourth-order valence-electron chi connectivity index (χ4n) is 3.39. The van der Waals surface area contributed by atoms with Gasteiger partial charge in [0, 0.05) is 12.5 Å². The molecule has 0 aliphatic heterocycles. The lowest BCUT2D eigenvalue weighted by molar-refractivity contribution is 0.139. The number of rotatable bonds is 5. The van der Waals surface area contributed by atoms with E-state index in [4.69, 9.17) is 4.74 Å². The van der Waals surface area contributed by atoms with Crippen molar-refractivity contribution in [1.82, 2.24) is 0 Å². The van der Waals surface area contributed by atoms with Crippen molar-refractivity contribution in [2.75, 3.05) is 13.7 Å². The predicted octanol–water partition coefficient (Wildman–Crippen LogP) is 2.75. The van der Waals surface area contributed by atoms with E-state index in [-0.39, 0.29) is 16.9 Å². The minimum atomic E-state index is -0.294. The zero-order chi connectivity index (χ0) is 12.5. The van der Waals surface area contributed by atoms with Gasteiger partial charge in [0.05, 0.1) is 18.1 Å². The molecule has 1 saturated carbocycles. The first-order valence-electron chi connectivity index (χ1n) is 6.36. The van der Waals surface area contributed by atoms with Gasteiger partial charge < -0.3 is 9.84 Å². The van der Waals surface area contributed by atoms with Gasteiger partial charge in [-0.3, -0.25) is 0 Å².